The highest BCUT2D eigenvalue weighted by Gasteiger charge is 2.30. The number of nitrogens with zero attached hydrogens (tertiary/aromatic N) is 1. The molecule has 2 aromatic carbocycles. The summed E-state index contributed by atoms with van der Waals surface area (Å²) in [5.41, 5.74) is 0.867. The third kappa shape index (κ3) is 4.91. The van der Waals surface area contributed by atoms with Crippen molar-refractivity contribution in [3.8, 4) is 0 Å². The van der Waals surface area contributed by atoms with Gasteiger partial charge in [0.05, 0.1) is 9.82 Å². The van der Waals surface area contributed by atoms with E-state index in [9.17, 15) is 23.3 Å². The van der Waals surface area contributed by atoms with Gasteiger partial charge in [-0.05, 0) is 31.0 Å². The van der Waals surface area contributed by atoms with Gasteiger partial charge in [0.2, 0.25) is 5.91 Å². The molecule has 1 N–H and O–H groups in total. The van der Waals surface area contributed by atoms with Crippen LogP contribution in [-0.2, 0) is 14.6 Å². The maximum Gasteiger partial charge on any atom is 0.269 e. The van der Waals surface area contributed by atoms with E-state index in [1.165, 1.54) is 6.92 Å². The molecule has 1 amide bonds. The van der Waals surface area contributed by atoms with E-state index >= 15 is 0 Å². The second-order valence-electron chi connectivity index (χ2n) is 6.20. The minimum atomic E-state index is -3.93. The van der Waals surface area contributed by atoms with Crippen molar-refractivity contribution >= 4 is 21.4 Å². The monoisotopic (exact) mass is 390 g/mol. The number of amides is 1. The van der Waals surface area contributed by atoms with Crippen molar-refractivity contribution in [1.82, 2.24) is 5.32 Å². The summed E-state index contributed by atoms with van der Waals surface area (Å²) in [6.45, 7) is 3.65. The number of rotatable bonds is 8. The largest absolute Gasteiger partial charge is 0.354 e. The van der Waals surface area contributed by atoms with Gasteiger partial charge in [-0.2, -0.15) is 0 Å². The third-order valence-corrected chi connectivity index (χ3v) is 6.57. The van der Waals surface area contributed by atoms with E-state index in [4.69, 9.17) is 0 Å². The summed E-state index contributed by atoms with van der Waals surface area (Å²) in [5.74, 6) is -0.507. The maximum atomic E-state index is 12.6. The molecule has 0 heterocycles. The Hall–Kier alpha value is -2.74. The number of non-ortho nitro benzene ring substituents is 1. The molecule has 0 saturated carbocycles. The number of benzene rings is 2. The zero-order valence-corrected chi connectivity index (χ0v) is 16.0. The molecule has 0 unspecified atom stereocenters. The predicted octanol–water partition coefficient (Wildman–Crippen LogP) is 3.07. The molecule has 8 heteroatoms. The molecule has 2 atom stereocenters. The van der Waals surface area contributed by atoms with Crippen molar-refractivity contribution in [3.63, 3.8) is 0 Å². The first-order chi connectivity index (χ1) is 12.8. The van der Waals surface area contributed by atoms with Crippen molar-refractivity contribution in [2.24, 2.45) is 0 Å². The first-order valence-corrected chi connectivity index (χ1v) is 10.1. The van der Waals surface area contributed by atoms with Gasteiger partial charge in [0.15, 0.2) is 9.84 Å². The zero-order chi connectivity index (χ0) is 20.0. The molecule has 144 valence electrons. The van der Waals surface area contributed by atoms with Gasteiger partial charge < -0.3 is 5.32 Å². The summed E-state index contributed by atoms with van der Waals surface area (Å²) in [5, 5.41) is 12.1. The van der Waals surface area contributed by atoms with Gasteiger partial charge in [-0.1, -0.05) is 37.3 Å². The van der Waals surface area contributed by atoms with E-state index in [1.807, 2.05) is 37.3 Å². The smallest absolute Gasteiger partial charge is 0.269 e. The predicted molar refractivity (Wildman–Crippen MR) is 102 cm³/mol. The van der Waals surface area contributed by atoms with Gasteiger partial charge in [-0.15, -0.1) is 0 Å². The third-order valence-electron chi connectivity index (χ3n) is 4.50. The Morgan fingerprint density at radius 2 is 1.70 bits per heavy atom. The molecule has 0 aliphatic heterocycles. The summed E-state index contributed by atoms with van der Waals surface area (Å²) < 4.78 is 25.2. The van der Waals surface area contributed by atoms with Crippen molar-refractivity contribution in [2.45, 2.75) is 36.3 Å². The van der Waals surface area contributed by atoms with E-state index in [0.717, 1.165) is 36.2 Å². The lowest BCUT2D eigenvalue weighted by atomic mass is 9.96. The number of nitro groups is 1. The molecule has 0 aromatic heterocycles. The van der Waals surface area contributed by atoms with Crippen LogP contribution in [0.2, 0.25) is 0 Å². The highest BCUT2D eigenvalue weighted by Crippen LogP contribution is 2.21. The summed E-state index contributed by atoms with van der Waals surface area (Å²) in [6.07, 6.45) is 0.799. The normalized spacial score (nSPS) is 13.6. The standard InChI is InChI=1S/C19H22N2O5S/c1-3-15(16-7-5-4-6-8-16)13-20-19(22)14(2)27(25,26)18-11-9-17(10-12-18)21(23)24/h4-12,14-15H,3,13H2,1-2H3,(H,20,22)/t14-,15-/m1/s1. The molecule has 7 nitrogen and oxygen atoms in total. The average Bonchev–Trinajstić information content (AvgIpc) is 2.68. The minimum absolute atomic E-state index is 0.0874. The fourth-order valence-electron chi connectivity index (χ4n) is 2.69. The molecule has 0 radical (unpaired) electrons. The van der Waals surface area contributed by atoms with Gasteiger partial charge in [-0.3, -0.25) is 14.9 Å². The van der Waals surface area contributed by atoms with Gasteiger partial charge in [0, 0.05) is 24.6 Å². The highest BCUT2D eigenvalue weighted by molar-refractivity contribution is 7.92. The van der Waals surface area contributed by atoms with Crippen LogP contribution in [0.1, 0.15) is 31.7 Å². The van der Waals surface area contributed by atoms with Crippen LogP contribution in [0, 0.1) is 10.1 Å². The van der Waals surface area contributed by atoms with Gasteiger partial charge >= 0.3 is 0 Å². The SMILES string of the molecule is CC[C@H](CNC(=O)[C@@H](C)S(=O)(=O)c1ccc([N+](=O)[O-])cc1)c1ccccc1. The van der Waals surface area contributed by atoms with E-state index in [1.54, 1.807) is 0 Å². The Morgan fingerprint density at radius 3 is 2.22 bits per heavy atom. The lowest BCUT2D eigenvalue weighted by Gasteiger charge is -2.18. The van der Waals surface area contributed by atoms with Gasteiger partial charge in [0.1, 0.15) is 5.25 Å². The molecular formula is C19H22N2O5S. The van der Waals surface area contributed by atoms with Crippen molar-refractivity contribution < 1.29 is 18.1 Å². The van der Waals surface area contributed by atoms with Crippen LogP contribution in [-0.4, -0.2) is 31.0 Å². The van der Waals surface area contributed by atoms with Crippen LogP contribution < -0.4 is 5.32 Å². The average molecular weight is 390 g/mol. The molecular weight excluding hydrogens is 368 g/mol. The van der Waals surface area contributed by atoms with Crippen LogP contribution in [0.25, 0.3) is 0 Å². The molecule has 0 fully saturated rings. The van der Waals surface area contributed by atoms with Crippen molar-refractivity contribution in [3.05, 3.63) is 70.3 Å². The van der Waals surface area contributed by atoms with Crippen LogP contribution in [0.4, 0.5) is 5.69 Å². The fraction of sp³-hybridized carbons (Fsp3) is 0.316. The maximum absolute atomic E-state index is 12.6. The Labute approximate surface area is 158 Å². The van der Waals surface area contributed by atoms with Crippen molar-refractivity contribution in [2.75, 3.05) is 6.54 Å². The highest BCUT2D eigenvalue weighted by atomic mass is 32.2. The Kier molecular flexibility index (Phi) is 6.68. The number of carbonyl (C=O) groups is 1. The van der Waals surface area contributed by atoms with E-state index < -0.39 is 25.9 Å². The number of hydrogen-bond acceptors (Lipinski definition) is 5. The molecule has 0 aliphatic carbocycles. The second kappa shape index (κ2) is 8.77. The summed E-state index contributed by atoms with van der Waals surface area (Å²) in [4.78, 5) is 22.4. The van der Waals surface area contributed by atoms with Crippen LogP contribution in [0.15, 0.2) is 59.5 Å². The lowest BCUT2D eigenvalue weighted by molar-refractivity contribution is -0.384. The number of sulfone groups is 1. The molecule has 2 aromatic rings. The zero-order valence-electron chi connectivity index (χ0n) is 15.2. The summed E-state index contributed by atoms with van der Waals surface area (Å²) >= 11 is 0. The first-order valence-electron chi connectivity index (χ1n) is 8.58. The number of hydrogen-bond donors (Lipinski definition) is 1. The fourth-order valence-corrected chi connectivity index (χ4v) is 3.98. The Balaban J connectivity index is 2.07. The number of carbonyl (C=O) groups excluding carboxylic acids is 1. The molecule has 27 heavy (non-hydrogen) atoms. The Bertz CT molecular complexity index is 895. The van der Waals surface area contributed by atoms with Crippen molar-refractivity contribution in [1.29, 1.82) is 0 Å². The molecule has 0 aliphatic rings. The minimum Gasteiger partial charge on any atom is -0.354 e. The second-order valence-corrected chi connectivity index (χ2v) is 8.47. The number of nitro benzene ring substituents is 1. The number of nitrogens with one attached hydrogen (secondary N) is 1. The molecule has 2 rings (SSSR count). The summed E-state index contributed by atoms with van der Waals surface area (Å²) in [6, 6.07) is 14.2. The van der Waals surface area contributed by atoms with Crippen LogP contribution in [0.5, 0.6) is 0 Å². The first kappa shape index (κ1) is 20.6. The van der Waals surface area contributed by atoms with Crippen LogP contribution >= 0.6 is 0 Å². The lowest BCUT2D eigenvalue weighted by Crippen LogP contribution is -2.39. The molecule has 0 saturated heterocycles. The molecule has 0 bridgehead atoms. The quantitative estimate of drug-likeness (QED) is 0.551. The van der Waals surface area contributed by atoms with Gasteiger partial charge in [0.25, 0.3) is 5.69 Å². The van der Waals surface area contributed by atoms with Crippen LogP contribution in [0.3, 0.4) is 0 Å². The van der Waals surface area contributed by atoms with Gasteiger partial charge in [-0.25, -0.2) is 8.42 Å². The summed E-state index contributed by atoms with van der Waals surface area (Å²) in [7, 11) is -3.93. The Morgan fingerprint density at radius 1 is 1.11 bits per heavy atom. The van der Waals surface area contributed by atoms with E-state index in [2.05, 4.69) is 5.32 Å². The van der Waals surface area contributed by atoms with E-state index in [0.29, 0.717) is 6.54 Å². The molecule has 0 spiro atoms. The van der Waals surface area contributed by atoms with E-state index in [-0.39, 0.29) is 16.5 Å². The topological polar surface area (TPSA) is 106 Å².